The third-order valence-electron chi connectivity index (χ3n) is 7.03. The summed E-state index contributed by atoms with van der Waals surface area (Å²) >= 11 is 0. The molecule has 0 spiro atoms. The molecule has 2 fully saturated rings. The molecule has 0 aliphatic heterocycles. The first-order valence-corrected chi connectivity index (χ1v) is 14.2. The minimum Gasteiger partial charge on any atom is -0.444 e. The van der Waals surface area contributed by atoms with Gasteiger partial charge in [0.2, 0.25) is 11.9 Å². The second-order valence-corrected chi connectivity index (χ2v) is 11.8. The van der Waals surface area contributed by atoms with Crippen molar-refractivity contribution in [2.45, 2.75) is 89.9 Å². The van der Waals surface area contributed by atoms with E-state index in [1.807, 2.05) is 12.1 Å². The van der Waals surface area contributed by atoms with Gasteiger partial charge in [0.1, 0.15) is 17.5 Å². The van der Waals surface area contributed by atoms with Crippen molar-refractivity contribution in [2.24, 2.45) is 5.92 Å². The first kappa shape index (κ1) is 29.7. The van der Waals surface area contributed by atoms with Crippen molar-refractivity contribution in [3.8, 4) is 17.9 Å². The number of nitriles is 1. The molecular weight excluding hydrogens is 518 g/mol. The van der Waals surface area contributed by atoms with E-state index < -0.39 is 17.7 Å². The van der Waals surface area contributed by atoms with Crippen LogP contribution in [0.4, 0.5) is 22.2 Å². The zero-order chi connectivity index (χ0) is 29.6. The molecule has 2 saturated carbocycles. The van der Waals surface area contributed by atoms with Crippen LogP contribution in [0.5, 0.6) is 0 Å². The summed E-state index contributed by atoms with van der Waals surface area (Å²) in [5.41, 5.74) is 1.39. The highest BCUT2D eigenvalue weighted by Crippen LogP contribution is 2.28. The van der Waals surface area contributed by atoms with E-state index in [0.717, 1.165) is 49.8 Å². The summed E-state index contributed by atoms with van der Waals surface area (Å²) in [4.78, 5) is 35.8. The van der Waals surface area contributed by atoms with E-state index in [1.54, 1.807) is 53.1 Å². The van der Waals surface area contributed by atoms with E-state index in [-0.39, 0.29) is 17.9 Å². The average Bonchev–Trinajstić information content (AvgIpc) is 3.75. The van der Waals surface area contributed by atoms with Gasteiger partial charge in [-0.2, -0.15) is 10.2 Å². The molecule has 216 valence electrons. The summed E-state index contributed by atoms with van der Waals surface area (Å²) in [5, 5.41) is 18.9. The predicted octanol–water partition coefficient (Wildman–Crippen LogP) is 4.95. The third kappa shape index (κ3) is 8.84. The molecule has 4 rings (SSSR count). The highest BCUT2D eigenvalue weighted by Gasteiger charge is 2.30. The van der Waals surface area contributed by atoms with Crippen LogP contribution < -0.4 is 16.0 Å². The zero-order valence-electron chi connectivity index (χ0n) is 24.5. The number of ether oxygens (including phenoxy) is 1. The van der Waals surface area contributed by atoms with Gasteiger partial charge in [0.15, 0.2) is 0 Å². The number of carbonyl (C=O) groups excluding carboxylic acids is 2. The van der Waals surface area contributed by atoms with Crippen LogP contribution in [0.15, 0.2) is 30.5 Å². The lowest BCUT2D eigenvalue weighted by atomic mass is 9.86. The van der Waals surface area contributed by atoms with Crippen LogP contribution in [0, 0.1) is 29.1 Å². The van der Waals surface area contributed by atoms with Gasteiger partial charge in [-0.3, -0.25) is 9.69 Å². The summed E-state index contributed by atoms with van der Waals surface area (Å²) in [6.07, 6.45) is 6.90. The Balaban J connectivity index is 1.39. The van der Waals surface area contributed by atoms with E-state index >= 15 is 0 Å². The summed E-state index contributed by atoms with van der Waals surface area (Å²) in [6, 6.07) is 9.02. The molecule has 41 heavy (non-hydrogen) atoms. The summed E-state index contributed by atoms with van der Waals surface area (Å²) in [5.74, 6) is 7.71. The molecule has 10 nitrogen and oxygen atoms in total. The van der Waals surface area contributed by atoms with E-state index in [2.05, 4.69) is 43.8 Å². The molecule has 0 bridgehead atoms. The van der Waals surface area contributed by atoms with Crippen molar-refractivity contribution in [1.82, 2.24) is 20.2 Å². The van der Waals surface area contributed by atoms with Gasteiger partial charge in [0.05, 0.1) is 23.4 Å². The molecular formula is C31H39N7O3. The summed E-state index contributed by atoms with van der Waals surface area (Å²) < 4.78 is 5.39. The Kier molecular flexibility index (Phi) is 9.34. The molecule has 1 aromatic carbocycles. The smallest absolute Gasteiger partial charge is 0.410 e. The number of nitrogens with zero attached hydrogens (tertiary/aromatic N) is 4. The van der Waals surface area contributed by atoms with Crippen LogP contribution in [-0.4, -0.2) is 57.6 Å². The van der Waals surface area contributed by atoms with Crippen molar-refractivity contribution in [2.75, 3.05) is 17.7 Å². The van der Waals surface area contributed by atoms with Gasteiger partial charge in [-0.25, -0.2) is 9.78 Å². The number of aromatic nitrogens is 2. The lowest BCUT2D eigenvalue weighted by molar-refractivity contribution is -0.126. The fourth-order valence-electron chi connectivity index (χ4n) is 4.48. The maximum Gasteiger partial charge on any atom is 0.410 e. The highest BCUT2D eigenvalue weighted by molar-refractivity contribution is 5.85. The third-order valence-corrected chi connectivity index (χ3v) is 7.03. The second kappa shape index (κ2) is 12.9. The molecule has 0 radical (unpaired) electrons. The monoisotopic (exact) mass is 557 g/mol. The maximum atomic E-state index is 12.9. The Morgan fingerprint density at radius 2 is 1.95 bits per heavy atom. The highest BCUT2D eigenvalue weighted by atomic mass is 16.6. The average molecular weight is 558 g/mol. The predicted molar refractivity (Wildman–Crippen MR) is 157 cm³/mol. The van der Waals surface area contributed by atoms with Crippen molar-refractivity contribution in [3.63, 3.8) is 0 Å². The Morgan fingerprint density at radius 1 is 1.17 bits per heavy atom. The molecule has 10 heteroatoms. The molecule has 1 heterocycles. The number of nitrogens with one attached hydrogen (secondary N) is 3. The van der Waals surface area contributed by atoms with Crippen molar-refractivity contribution < 1.29 is 14.3 Å². The van der Waals surface area contributed by atoms with Crippen LogP contribution in [0.25, 0.3) is 0 Å². The number of carbonyl (C=O) groups is 2. The molecule has 1 aromatic heterocycles. The minimum atomic E-state index is -0.654. The summed E-state index contributed by atoms with van der Waals surface area (Å²) in [6.45, 7) is 7.09. The fraction of sp³-hybridized carbons (Fsp3) is 0.516. The lowest BCUT2D eigenvalue weighted by Gasteiger charge is -2.31. The number of hydrogen-bond acceptors (Lipinski definition) is 8. The SMILES string of the molecule is C[C@@H](C(=O)N[C@H]1CCC[C@@H](C#Cc2cnc(Nc3cccc(C#N)c3)nc2NC2CC2)C1)N(C)C(=O)OC(C)(C)C. The van der Waals surface area contributed by atoms with Gasteiger partial charge < -0.3 is 20.7 Å². The van der Waals surface area contributed by atoms with Crippen molar-refractivity contribution in [3.05, 3.63) is 41.6 Å². The van der Waals surface area contributed by atoms with Gasteiger partial charge >= 0.3 is 6.09 Å². The Hall–Kier alpha value is -4.31. The molecule has 2 aromatic rings. The van der Waals surface area contributed by atoms with Crippen molar-refractivity contribution >= 4 is 29.5 Å². The Bertz CT molecular complexity index is 1360. The normalized spacial score (nSPS) is 19.0. The van der Waals surface area contributed by atoms with E-state index in [9.17, 15) is 9.59 Å². The largest absolute Gasteiger partial charge is 0.444 e. The number of hydrogen-bond donors (Lipinski definition) is 3. The van der Waals surface area contributed by atoms with Gasteiger partial charge in [-0.1, -0.05) is 24.3 Å². The Morgan fingerprint density at radius 3 is 2.66 bits per heavy atom. The number of benzene rings is 1. The molecule has 2 aliphatic carbocycles. The van der Waals surface area contributed by atoms with E-state index in [1.165, 1.54) is 4.90 Å². The van der Waals surface area contributed by atoms with Crippen LogP contribution in [0.3, 0.4) is 0 Å². The first-order chi connectivity index (χ1) is 19.5. The molecule has 0 saturated heterocycles. The van der Waals surface area contributed by atoms with Gasteiger partial charge in [-0.15, -0.1) is 0 Å². The fourth-order valence-corrected chi connectivity index (χ4v) is 4.48. The minimum absolute atomic E-state index is 0.0129. The lowest BCUT2D eigenvalue weighted by Crippen LogP contribution is -2.50. The second-order valence-electron chi connectivity index (χ2n) is 11.8. The molecule has 2 amide bonds. The van der Waals surface area contributed by atoms with Crippen LogP contribution in [0.2, 0.25) is 0 Å². The van der Waals surface area contributed by atoms with Crippen LogP contribution >= 0.6 is 0 Å². The van der Waals surface area contributed by atoms with Crippen LogP contribution in [-0.2, 0) is 9.53 Å². The number of anilines is 3. The molecule has 0 unspecified atom stereocenters. The number of rotatable bonds is 7. The van der Waals surface area contributed by atoms with E-state index in [0.29, 0.717) is 23.4 Å². The standard InChI is InChI=1S/C31H39N7O3/c1-20(38(5)30(40)41-31(2,3)4)28(39)35-25-10-6-8-21(16-25)12-13-23-19-33-29(37-27(23)34-24-14-15-24)36-26-11-7-9-22(17-26)18-32/h7,9,11,17,19-21,24-25H,6,8,10,14-16H2,1-5H3,(H,35,39)(H2,33,34,36,37)/t20-,21-,25-/m0/s1. The maximum absolute atomic E-state index is 12.9. The van der Waals surface area contributed by atoms with Crippen LogP contribution in [0.1, 0.15) is 77.3 Å². The zero-order valence-corrected chi connectivity index (χ0v) is 24.5. The quantitative estimate of drug-likeness (QED) is 0.408. The number of likely N-dealkylation sites (N-methyl/N-ethyl adjacent to an activating group) is 1. The van der Waals surface area contributed by atoms with Gasteiger partial charge in [-0.05, 0) is 78.0 Å². The molecule has 3 N–H and O–H groups in total. The Labute approximate surface area is 242 Å². The van der Waals surface area contributed by atoms with Crippen molar-refractivity contribution in [1.29, 1.82) is 5.26 Å². The van der Waals surface area contributed by atoms with Gasteiger partial charge in [0.25, 0.3) is 0 Å². The molecule has 2 aliphatic rings. The van der Waals surface area contributed by atoms with E-state index in [4.69, 9.17) is 10.00 Å². The summed E-state index contributed by atoms with van der Waals surface area (Å²) in [7, 11) is 1.58. The first-order valence-electron chi connectivity index (χ1n) is 14.2. The van der Waals surface area contributed by atoms with Gasteiger partial charge in [0, 0.05) is 30.7 Å². The number of amides is 2. The molecule has 3 atom stereocenters. The topological polar surface area (TPSA) is 132 Å².